The summed E-state index contributed by atoms with van der Waals surface area (Å²) in [4.78, 5) is 3.89. The van der Waals surface area contributed by atoms with Crippen LogP contribution in [0.4, 0.5) is 0 Å². The van der Waals surface area contributed by atoms with Gasteiger partial charge in [-0.15, -0.1) is 0 Å². The van der Waals surface area contributed by atoms with Crippen LogP contribution >= 0.6 is 0 Å². The van der Waals surface area contributed by atoms with E-state index in [0.29, 0.717) is 6.61 Å². The summed E-state index contributed by atoms with van der Waals surface area (Å²) >= 11 is 0. The zero-order valence-corrected chi connectivity index (χ0v) is 4.29. The van der Waals surface area contributed by atoms with Crippen LogP contribution in [-0.4, -0.2) is 12.8 Å². The Hall–Kier alpha value is -1.05. The minimum atomic E-state index is 0.715. The molecule has 0 bridgehead atoms. The van der Waals surface area contributed by atoms with Crippen molar-refractivity contribution in [2.24, 2.45) is 4.99 Å². The third-order valence-electron chi connectivity index (χ3n) is 1.23. The summed E-state index contributed by atoms with van der Waals surface area (Å²) in [5, 5.41) is 0. The van der Waals surface area contributed by atoms with Gasteiger partial charge in [-0.1, -0.05) is 0 Å². The summed E-state index contributed by atoms with van der Waals surface area (Å²) in [6, 6.07) is 0. The standard InChI is InChI=1S/C6H5NO/c1-2-8-6-4-7-3-5(1)6/h1,3-4H,2H2. The molecule has 0 saturated carbocycles. The van der Waals surface area contributed by atoms with Crippen LogP contribution in [0.1, 0.15) is 0 Å². The number of allylic oxidation sites excluding steroid dienone is 1. The molecule has 0 N–H and O–H groups in total. The van der Waals surface area contributed by atoms with E-state index in [1.165, 1.54) is 0 Å². The lowest BCUT2D eigenvalue weighted by Crippen LogP contribution is -1.79. The SMILES string of the molecule is C1=NC=C2OCC=C12. The summed E-state index contributed by atoms with van der Waals surface area (Å²) in [6.07, 6.45) is 5.56. The Balaban J connectivity index is 2.49. The Labute approximate surface area is 47.2 Å². The van der Waals surface area contributed by atoms with Gasteiger partial charge in [0.25, 0.3) is 0 Å². The van der Waals surface area contributed by atoms with E-state index < -0.39 is 0 Å². The molecule has 0 saturated heterocycles. The van der Waals surface area contributed by atoms with Gasteiger partial charge in [0.1, 0.15) is 12.4 Å². The highest BCUT2D eigenvalue weighted by atomic mass is 16.5. The minimum Gasteiger partial charge on any atom is -0.487 e. The normalized spacial score (nSPS) is 22.0. The van der Waals surface area contributed by atoms with Crippen molar-refractivity contribution < 1.29 is 4.74 Å². The van der Waals surface area contributed by atoms with Gasteiger partial charge in [-0.25, -0.2) is 0 Å². The van der Waals surface area contributed by atoms with E-state index in [0.717, 1.165) is 11.3 Å². The lowest BCUT2D eigenvalue weighted by molar-refractivity contribution is 0.277. The van der Waals surface area contributed by atoms with Gasteiger partial charge in [0.2, 0.25) is 0 Å². The van der Waals surface area contributed by atoms with Crippen molar-refractivity contribution in [3.63, 3.8) is 0 Å². The average molecular weight is 107 g/mol. The number of nitrogens with zero attached hydrogens (tertiary/aromatic N) is 1. The van der Waals surface area contributed by atoms with E-state index in [4.69, 9.17) is 4.74 Å². The van der Waals surface area contributed by atoms with Gasteiger partial charge in [-0.05, 0) is 6.08 Å². The van der Waals surface area contributed by atoms with Crippen LogP contribution in [0, 0.1) is 0 Å². The molecular formula is C6H5NO. The Morgan fingerprint density at radius 1 is 1.62 bits per heavy atom. The summed E-state index contributed by atoms with van der Waals surface area (Å²) in [7, 11) is 0. The Bertz CT molecular complexity index is 201. The van der Waals surface area contributed by atoms with Crippen LogP contribution in [0.3, 0.4) is 0 Å². The molecule has 2 rings (SSSR count). The molecule has 0 unspecified atom stereocenters. The quantitative estimate of drug-likeness (QED) is 0.450. The van der Waals surface area contributed by atoms with Crippen LogP contribution in [0.25, 0.3) is 0 Å². The molecule has 0 radical (unpaired) electrons. The molecule has 2 heterocycles. The molecule has 0 aromatic rings. The molecule has 0 aromatic heterocycles. The first-order valence-corrected chi connectivity index (χ1v) is 2.53. The summed E-state index contributed by atoms with van der Waals surface area (Å²) < 4.78 is 5.12. The second-order valence-corrected chi connectivity index (χ2v) is 1.74. The Morgan fingerprint density at radius 2 is 2.62 bits per heavy atom. The number of fused-ring (bicyclic) bond motifs is 1. The van der Waals surface area contributed by atoms with Gasteiger partial charge in [-0.3, -0.25) is 4.99 Å². The molecule has 2 nitrogen and oxygen atoms in total. The van der Waals surface area contributed by atoms with Crippen LogP contribution < -0.4 is 0 Å². The third kappa shape index (κ3) is 0.346. The van der Waals surface area contributed by atoms with Gasteiger partial charge in [-0.2, -0.15) is 0 Å². The monoisotopic (exact) mass is 107 g/mol. The maximum atomic E-state index is 5.12. The summed E-state index contributed by atoms with van der Waals surface area (Å²) in [6.45, 7) is 0.715. The molecule has 40 valence electrons. The predicted molar refractivity (Wildman–Crippen MR) is 30.6 cm³/mol. The fourth-order valence-electron chi connectivity index (χ4n) is 0.819. The molecule has 2 aliphatic rings. The zero-order valence-electron chi connectivity index (χ0n) is 4.29. The molecule has 8 heavy (non-hydrogen) atoms. The second-order valence-electron chi connectivity index (χ2n) is 1.74. The molecular weight excluding hydrogens is 102 g/mol. The summed E-state index contributed by atoms with van der Waals surface area (Å²) in [5.41, 5.74) is 1.13. The van der Waals surface area contributed by atoms with Gasteiger partial charge >= 0.3 is 0 Å². The first-order valence-electron chi connectivity index (χ1n) is 2.53. The fourth-order valence-corrected chi connectivity index (χ4v) is 0.819. The molecule has 0 aromatic carbocycles. The Morgan fingerprint density at radius 3 is 3.50 bits per heavy atom. The highest BCUT2D eigenvalue weighted by Crippen LogP contribution is 2.20. The van der Waals surface area contributed by atoms with Crippen molar-refractivity contribution in [2.45, 2.75) is 0 Å². The first-order chi connectivity index (χ1) is 3.97. The number of hydrogen-bond acceptors (Lipinski definition) is 2. The minimum absolute atomic E-state index is 0.715. The van der Waals surface area contributed by atoms with Crippen molar-refractivity contribution in [3.8, 4) is 0 Å². The van der Waals surface area contributed by atoms with Crippen molar-refractivity contribution in [1.29, 1.82) is 0 Å². The number of rotatable bonds is 0. The van der Waals surface area contributed by atoms with E-state index >= 15 is 0 Å². The van der Waals surface area contributed by atoms with Gasteiger partial charge < -0.3 is 4.74 Å². The van der Waals surface area contributed by atoms with Gasteiger partial charge in [0.15, 0.2) is 0 Å². The van der Waals surface area contributed by atoms with Crippen molar-refractivity contribution >= 4 is 6.21 Å². The van der Waals surface area contributed by atoms with E-state index in [1.807, 2.05) is 12.3 Å². The van der Waals surface area contributed by atoms with Crippen LogP contribution in [-0.2, 0) is 4.74 Å². The molecule has 2 aliphatic heterocycles. The van der Waals surface area contributed by atoms with Crippen LogP contribution in [0.2, 0.25) is 0 Å². The van der Waals surface area contributed by atoms with E-state index in [2.05, 4.69) is 4.99 Å². The van der Waals surface area contributed by atoms with Crippen LogP contribution in [0.5, 0.6) is 0 Å². The molecule has 2 heteroatoms. The smallest absolute Gasteiger partial charge is 0.146 e. The van der Waals surface area contributed by atoms with Crippen LogP contribution in [0.15, 0.2) is 28.6 Å². The maximum Gasteiger partial charge on any atom is 0.146 e. The van der Waals surface area contributed by atoms with Crippen molar-refractivity contribution in [3.05, 3.63) is 23.6 Å². The Kier molecular flexibility index (Phi) is 0.592. The maximum absolute atomic E-state index is 5.12. The van der Waals surface area contributed by atoms with Crippen molar-refractivity contribution in [2.75, 3.05) is 6.61 Å². The van der Waals surface area contributed by atoms with Crippen molar-refractivity contribution in [1.82, 2.24) is 0 Å². The lowest BCUT2D eigenvalue weighted by Gasteiger charge is -1.91. The predicted octanol–water partition coefficient (Wildman–Crippen LogP) is 0.869. The zero-order chi connectivity index (χ0) is 5.40. The second kappa shape index (κ2) is 1.22. The van der Waals surface area contributed by atoms with E-state index in [1.54, 1.807) is 6.20 Å². The molecule has 0 fully saturated rings. The first kappa shape index (κ1) is 3.89. The fraction of sp³-hybridized carbons (Fsp3) is 0.167. The highest BCUT2D eigenvalue weighted by molar-refractivity contribution is 5.87. The molecule has 0 spiro atoms. The molecule has 0 aliphatic carbocycles. The average Bonchev–Trinajstić information content (AvgIpc) is 2.15. The number of hydrogen-bond donors (Lipinski definition) is 0. The van der Waals surface area contributed by atoms with E-state index in [9.17, 15) is 0 Å². The topological polar surface area (TPSA) is 21.6 Å². The largest absolute Gasteiger partial charge is 0.487 e. The lowest BCUT2D eigenvalue weighted by atomic mass is 10.3. The van der Waals surface area contributed by atoms with Gasteiger partial charge in [0.05, 0.1) is 6.20 Å². The number of ether oxygens (including phenoxy) is 1. The third-order valence-corrected chi connectivity index (χ3v) is 1.23. The molecule has 0 amide bonds. The molecule has 0 atom stereocenters. The van der Waals surface area contributed by atoms with E-state index in [-0.39, 0.29) is 0 Å². The highest BCUT2D eigenvalue weighted by Gasteiger charge is 2.12. The number of aliphatic imine (C=N–C) groups is 1. The van der Waals surface area contributed by atoms with Gasteiger partial charge in [0, 0.05) is 11.8 Å². The summed E-state index contributed by atoms with van der Waals surface area (Å²) in [5.74, 6) is 0.921.